The highest BCUT2D eigenvalue weighted by Crippen LogP contribution is 2.41. The molecule has 0 saturated heterocycles. The van der Waals surface area contributed by atoms with Gasteiger partial charge in [-0.25, -0.2) is 0 Å². The lowest BCUT2D eigenvalue weighted by Gasteiger charge is -2.14. The summed E-state index contributed by atoms with van der Waals surface area (Å²) < 4.78 is 1.99. The highest BCUT2D eigenvalue weighted by molar-refractivity contribution is 5.95. The number of aryl methyl sites for hydroxylation is 1. The topological polar surface area (TPSA) is 67.2 Å². The van der Waals surface area contributed by atoms with Gasteiger partial charge < -0.3 is 10.4 Å². The number of carbonyl (C=O) groups is 1. The second-order valence-electron chi connectivity index (χ2n) is 5.68. The summed E-state index contributed by atoms with van der Waals surface area (Å²) in [5.41, 5.74) is 1.84. The minimum atomic E-state index is -0.0281. The third-order valence-electron chi connectivity index (χ3n) is 3.70. The van der Waals surface area contributed by atoms with Gasteiger partial charge in [-0.2, -0.15) is 5.10 Å². The summed E-state index contributed by atoms with van der Waals surface area (Å²) in [6.45, 7) is 5.14. The van der Waals surface area contributed by atoms with Gasteiger partial charge in [0.25, 0.3) is 5.91 Å². The van der Waals surface area contributed by atoms with Crippen LogP contribution in [0.2, 0.25) is 0 Å². The normalized spacial score (nSPS) is 16.1. The Morgan fingerprint density at radius 3 is 2.95 bits per heavy atom. The van der Waals surface area contributed by atoms with Crippen molar-refractivity contribution in [3.63, 3.8) is 0 Å². The number of carbonyl (C=O) groups excluding carboxylic acids is 1. The predicted molar refractivity (Wildman–Crippen MR) is 77.7 cm³/mol. The van der Waals surface area contributed by atoms with Crippen LogP contribution in [0.15, 0.2) is 6.20 Å². The first-order valence-electron chi connectivity index (χ1n) is 7.64. The molecule has 20 heavy (non-hydrogen) atoms. The number of nitrogens with one attached hydrogen (secondary N) is 1. The monoisotopic (exact) mass is 279 g/mol. The highest BCUT2D eigenvalue weighted by atomic mass is 16.3. The number of aliphatic hydroxyl groups is 1. The van der Waals surface area contributed by atoms with E-state index in [1.165, 1.54) is 0 Å². The largest absolute Gasteiger partial charge is 0.396 e. The van der Waals surface area contributed by atoms with Crippen LogP contribution in [-0.4, -0.2) is 33.4 Å². The molecule has 1 saturated carbocycles. The maximum Gasteiger partial charge on any atom is 0.254 e. The van der Waals surface area contributed by atoms with Crippen LogP contribution in [0.1, 0.15) is 67.9 Å². The van der Waals surface area contributed by atoms with E-state index in [0.717, 1.165) is 43.5 Å². The van der Waals surface area contributed by atoms with E-state index < -0.39 is 0 Å². The van der Waals surface area contributed by atoms with Gasteiger partial charge in [0.2, 0.25) is 0 Å². The first-order chi connectivity index (χ1) is 9.67. The Morgan fingerprint density at radius 1 is 1.60 bits per heavy atom. The molecule has 1 aromatic heterocycles. The van der Waals surface area contributed by atoms with E-state index in [1.54, 1.807) is 6.20 Å². The van der Waals surface area contributed by atoms with Crippen LogP contribution in [0.3, 0.4) is 0 Å². The van der Waals surface area contributed by atoms with Gasteiger partial charge in [-0.15, -0.1) is 0 Å². The van der Waals surface area contributed by atoms with Gasteiger partial charge >= 0.3 is 0 Å². The maximum atomic E-state index is 12.4. The Kier molecular flexibility index (Phi) is 5.17. The third-order valence-corrected chi connectivity index (χ3v) is 3.70. The number of hydrogen-bond acceptors (Lipinski definition) is 3. The standard InChI is InChI=1S/C15H25N3O2/c1-3-8-18-14(12-6-7-12)13(10-16-18)15(20)17-11(2)5-4-9-19/h10-12,19H,3-9H2,1-2H3,(H,17,20). The summed E-state index contributed by atoms with van der Waals surface area (Å²) in [5.74, 6) is 0.484. The zero-order valence-corrected chi connectivity index (χ0v) is 12.4. The van der Waals surface area contributed by atoms with E-state index in [-0.39, 0.29) is 18.6 Å². The molecule has 0 radical (unpaired) electrons. The minimum Gasteiger partial charge on any atom is -0.396 e. The Balaban J connectivity index is 2.05. The van der Waals surface area contributed by atoms with E-state index in [2.05, 4.69) is 17.3 Å². The quantitative estimate of drug-likeness (QED) is 0.765. The summed E-state index contributed by atoms with van der Waals surface area (Å²) in [6.07, 6.45) is 6.56. The molecule has 1 atom stereocenters. The van der Waals surface area contributed by atoms with E-state index in [9.17, 15) is 4.79 Å². The third kappa shape index (κ3) is 3.60. The summed E-state index contributed by atoms with van der Waals surface area (Å²) in [7, 11) is 0. The van der Waals surface area contributed by atoms with E-state index in [0.29, 0.717) is 12.3 Å². The molecule has 5 nitrogen and oxygen atoms in total. The predicted octanol–water partition coefficient (Wildman–Crippen LogP) is 2.06. The average Bonchev–Trinajstić information content (AvgIpc) is 3.18. The summed E-state index contributed by atoms with van der Waals surface area (Å²) >= 11 is 0. The number of rotatable bonds is 8. The van der Waals surface area contributed by atoms with Gasteiger partial charge in [-0.05, 0) is 39.0 Å². The van der Waals surface area contributed by atoms with E-state index in [1.807, 2.05) is 11.6 Å². The van der Waals surface area contributed by atoms with Gasteiger partial charge in [-0.1, -0.05) is 6.92 Å². The van der Waals surface area contributed by atoms with E-state index in [4.69, 9.17) is 5.11 Å². The molecule has 1 aromatic rings. The average molecular weight is 279 g/mol. The molecule has 2 rings (SSSR count). The van der Waals surface area contributed by atoms with Crippen molar-refractivity contribution in [2.75, 3.05) is 6.61 Å². The number of amides is 1. The number of aromatic nitrogens is 2. The van der Waals surface area contributed by atoms with Gasteiger partial charge in [0.1, 0.15) is 0 Å². The van der Waals surface area contributed by atoms with Crippen LogP contribution in [0.5, 0.6) is 0 Å². The maximum absolute atomic E-state index is 12.4. The van der Waals surface area contributed by atoms with Crippen LogP contribution < -0.4 is 5.32 Å². The summed E-state index contributed by atoms with van der Waals surface area (Å²) in [6, 6.07) is 0.0798. The van der Waals surface area contributed by atoms with Crippen LogP contribution in [-0.2, 0) is 6.54 Å². The van der Waals surface area contributed by atoms with Crippen molar-refractivity contribution in [3.05, 3.63) is 17.5 Å². The summed E-state index contributed by atoms with van der Waals surface area (Å²) in [4.78, 5) is 12.4. The van der Waals surface area contributed by atoms with Crippen molar-refractivity contribution in [1.82, 2.24) is 15.1 Å². The number of aliphatic hydroxyl groups excluding tert-OH is 1. The first kappa shape index (κ1) is 15.0. The van der Waals surface area contributed by atoms with Crippen molar-refractivity contribution >= 4 is 5.91 Å². The molecule has 0 aliphatic heterocycles. The molecule has 0 spiro atoms. The molecule has 2 N–H and O–H groups in total. The molecule has 1 heterocycles. The van der Waals surface area contributed by atoms with Crippen molar-refractivity contribution in [2.24, 2.45) is 0 Å². The Bertz CT molecular complexity index is 452. The van der Waals surface area contributed by atoms with Crippen LogP contribution >= 0.6 is 0 Å². The molecule has 1 unspecified atom stereocenters. The first-order valence-corrected chi connectivity index (χ1v) is 7.64. The molecule has 1 aliphatic carbocycles. The van der Waals surface area contributed by atoms with Gasteiger partial charge in [-0.3, -0.25) is 9.48 Å². The lowest BCUT2D eigenvalue weighted by atomic mass is 10.1. The van der Waals surface area contributed by atoms with Gasteiger partial charge in [0, 0.05) is 25.1 Å². The zero-order chi connectivity index (χ0) is 14.5. The fraction of sp³-hybridized carbons (Fsp3) is 0.733. The molecule has 1 aliphatic rings. The van der Waals surface area contributed by atoms with E-state index >= 15 is 0 Å². The lowest BCUT2D eigenvalue weighted by molar-refractivity contribution is 0.0935. The Morgan fingerprint density at radius 2 is 2.35 bits per heavy atom. The highest BCUT2D eigenvalue weighted by Gasteiger charge is 2.32. The molecule has 0 bridgehead atoms. The fourth-order valence-corrected chi connectivity index (χ4v) is 2.52. The number of nitrogens with zero attached hydrogens (tertiary/aromatic N) is 2. The van der Waals surface area contributed by atoms with Crippen LogP contribution in [0.25, 0.3) is 0 Å². The molecule has 0 aromatic carbocycles. The smallest absolute Gasteiger partial charge is 0.254 e. The second kappa shape index (κ2) is 6.88. The molecular weight excluding hydrogens is 254 g/mol. The molecule has 1 fully saturated rings. The summed E-state index contributed by atoms with van der Waals surface area (Å²) in [5, 5.41) is 16.2. The zero-order valence-electron chi connectivity index (χ0n) is 12.4. The lowest BCUT2D eigenvalue weighted by Crippen LogP contribution is -2.33. The fourth-order valence-electron chi connectivity index (χ4n) is 2.52. The Labute approximate surface area is 120 Å². The van der Waals surface area contributed by atoms with Crippen molar-refractivity contribution in [1.29, 1.82) is 0 Å². The van der Waals surface area contributed by atoms with Crippen molar-refractivity contribution < 1.29 is 9.90 Å². The van der Waals surface area contributed by atoms with Crippen molar-refractivity contribution in [2.45, 2.75) is 64.5 Å². The second-order valence-corrected chi connectivity index (χ2v) is 5.68. The van der Waals surface area contributed by atoms with Gasteiger partial charge in [0.15, 0.2) is 0 Å². The molecule has 5 heteroatoms. The molecule has 1 amide bonds. The minimum absolute atomic E-state index is 0.0281. The Hall–Kier alpha value is -1.36. The van der Waals surface area contributed by atoms with Crippen LogP contribution in [0.4, 0.5) is 0 Å². The van der Waals surface area contributed by atoms with Gasteiger partial charge in [0.05, 0.1) is 17.5 Å². The number of hydrogen-bond donors (Lipinski definition) is 2. The molecular formula is C15H25N3O2. The van der Waals surface area contributed by atoms with Crippen LogP contribution in [0, 0.1) is 0 Å². The van der Waals surface area contributed by atoms with Crippen molar-refractivity contribution in [3.8, 4) is 0 Å². The molecule has 112 valence electrons. The SMILES string of the molecule is CCCn1ncc(C(=O)NC(C)CCCO)c1C1CC1.